The molecule has 6 nitrogen and oxygen atoms in total. The van der Waals surface area contributed by atoms with Crippen LogP contribution >= 0.6 is 0 Å². The van der Waals surface area contributed by atoms with E-state index in [1.54, 1.807) is 23.6 Å². The van der Waals surface area contributed by atoms with Gasteiger partial charge < -0.3 is 19.6 Å². The Balaban J connectivity index is 2.80. The number of piperidine rings is 1. The molecule has 0 saturated carbocycles. The number of likely N-dealkylation sites (tertiary alicyclic amines) is 1. The van der Waals surface area contributed by atoms with Gasteiger partial charge in [0.15, 0.2) is 0 Å². The first-order valence-corrected chi connectivity index (χ1v) is 8.81. The van der Waals surface area contributed by atoms with Gasteiger partial charge in [-0.1, -0.05) is 6.92 Å². The standard InChI is InChI=1S/C18H34N2O4/c1-8-19(12-18(6,7)23)15(21)14-9-13(2)10-20(11-14)16(22)24-17(3,4)5/h13-14,23H,8-12H2,1-7H3. The number of hydrogen-bond acceptors (Lipinski definition) is 4. The number of likely N-dealkylation sites (N-methyl/N-ethyl adjacent to an activating group) is 1. The van der Waals surface area contributed by atoms with Crippen LogP contribution in [0.15, 0.2) is 0 Å². The molecule has 2 amide bonds. The minimum absolute atomic E-state index is 0.000247. The first-order chi connectivity index (χ1) is 10.8. The third-order valence-corrected chi connectivity index (χ3v) is 3.93. The summed E-state index contributed by atoms with van der Waals surface area (Å²) in [5.41, 5.74) is -1.48. The molecule has 2 unspecified atom stereocenters. The molecule has 1 aliphatic heterocycles. The van der Waals surface area contributed by atoms with Gasteiger partial charge in [-0.25, -0.2) is 4.79 Å². The van der Waals surface area contributed by atoms with Crippen LogP contribution in [0.25, 0.3) is 0 Å². The van der Waals surface area contributed by atoms with Crippen LogP contribution in [0.2, 0.25) is 0 Å². The molecule has 0 aromatic carbocycles. The fourth-order valence-electron chi connectivity index (χ4n) is 3.08. The largest absolute Gasteiger partial charge is 0.444 e. The number of nitrogens with zero attached hydrogens (tertiary/aromatic N) is 2. The van der Waals surface area contributed by atoms with Gasteiger partial charge >= 0.3 is 6.09 Å². The Morgan fingerprint density at radius 3 is 2.25 bits per heavy atom. The number of ether oxygens (including phenoxy) is 1. The van der Waals surface area contributed by atoms with Gasteiger partial charge in [0.05, 0.1) is 11.5 Å². The summed E-state index contributed by atoms with van der Waals surface area (Å²) in [6, 6.07) is 0. The topological polar surface area (TPSA) is 70.1 Å². The van der Waals surface area contributed by atoms with Crippen LogP contribution in [-0.2, 0) is 9.53 Å². The lowest BCUT2D eigenvalue weighted by Gasteiger charge is -2.39. The van der Waals surface area contributed by atoms with Gasteiger partial charge in [-0.2, -0.15) is 0 Å². The highest BCUT2D eigenvalue weighted by Crippen LogP contribution is 2.25. The molecule has 1 fully saturated rings. The molecule has 0 spiro atoms. The van der Waals surface area contributed by atoms with Crippen molar-refractivity contribution in [3.8, 4) is 0 Å². The van der Waals surface area contributed by atoms with Crippen molar-refractivity contribution >= 4 is 12.0 Å². The lowest BCUT2D eigenvalue weighted by molar-refractivity contribution is -0.140. The second kappa shape index (κ2) is 7.72. The molecular weight excluding hydrogens is 308 g/mol. The Kier molecular flexibility index (Phi) is 6.67. The zero-order valence-corrected chi connectivity index (χ0v) is 16.3. The fourth-order valence-corrected chi connectivity index (χ4v) is 3.08. The molecule has 140 valence electrons. The van der Waals surface area contributed by atoms with Crippen LogP contribution in [0.5, 0.6) is 0 Å². The summed E-state index contributed by atoms with van der Waals surface area (Å²) in [4.78, 5) is 28.5. The van der Waals surface area contributed by atoms with Crippen molar-refractivity contribution < 1.29 is 19.4 Å². The summed E-state index contributed by atoms with van der Waals surface area (Å²) in [5.74, 6) is -0.00985. The number of aliphatic hydroxyl groups is 1. The minimum atomic E-state index is -0.934. The van der Waals surface area contributed by atoms with E-state index in [4.69, 9.17) is 4.74 Å². The highest BCUT2D eigenvalue weighted by atomic mass is 16.6. The predicted octanol–water partition coefficient (Wildman–Crippen LogP) is 2.50. The first kappa shape index (κ1) is 20.7. The smallest absolute Gasteiger partial charge is 0.410 e. The molecule has 0 aliphatic carbocycles. The van der Waals surface area contributed by atoms with E-state index in [0.717, 1.165) is 6.42 Å². The van der Waals surface area contributed by atoms with Crippen molar-refractivity contribution in [2.24, 2.45) is 11.8 Å². The third-order valence-electron chi connectivity index (χ3n) is 3.93. The van der Waals surface area contributed by atoms with E-state index in [9.17, 15) is 14.7 Å². The van der Waals surface area contributed by atoms with E-state index >= 15 is 0 Å². The molecule has 1 heterocycles. The third kappa shape index (κ3) is 6.67. The lowest BCUT2D eigenvalue weighted by Crippen LogP contribution is -2.52. The second-order valence-corrected chi connectivity index (χ2v) is 8.59. The van der Waals surface area contributed by atoms with E-state index in [-0.39, 0.29) is 23.8 Å². The van der Waals surface area contributed by atoms with Crippen LogP contribution < -0.4 is 0 Å². The zero-order valence-electron chi connectivity index (χ0n) is 16.3. The van der Waals surface area contributed by atoms with Gasteiger partial charge in [0.1, 0.15) is 5.60 Å². The summed E-state index contributed by atoms with van der Waals surface area (Å²) in [6.45, 7) is 14.7. The SMILES string of the molecule is CCN(CC(C)(C)O)C(=O)C1CC(C)CN(C(=O)OC(C)(C)C)C1. The molecular formula is C18H34N2O4. The highest BCUT2D eigenvalue weighted by Gasteiger charge is 2.36. The van der Waals surface area contributed by atoms with Crippen molar-refractivity contribution in [3.63, 3.8) is 0 Å². The van der Waals surface area contributed by atoms with Crippen LogP contribution in [0, 0.1) is 11.8 Å². The molecule has 0 aromatic heterocycles. The van der Waals surface area contributed by atoms with E-state index in [1.807, 2.05) is 34.6 Å². The number of carbonyl (C=O) groups is 2. The Hall–Kier alpha value is -1.30. The van der Waals surface area contributed by atoms with Crippen molar-refractivity contribution in [1.29, 1.82) is 0 Å². The zero-order chi connectivity index (χ0) is 18.7. The van der Waals surface area contributed by atoms with Gasteiger partial charge in [-0.05, 0) is 53.9 Å². The van der Waals surface area contributed by atoms with Crippen molar-refractivity contribution in [2.45, 2.75) is 66.1 Å². The average Bonchev–Trinajstić information content (AvgIpc) is 2.40. The maximum absolute atomic E-state index is 12.8. The summed E-state index contributed by atoms with van der Waals surface area (Å²) in [5, 5.41) is 10.0. The predicted molar refractivity (Wildman–Crippen MR) is 93.6 cm³/mol. The van der Waals surface area contributed by atoms with E-state index < -0.39 is 11.2 Å². The Bertz CT molecular complexity index is 451. The summed E-state index contributed by atoms with van der Waals surface area (Å²) in [7, 11) is 0. The van der Waals surface area contributed by atoms with Gasteiger partial charge in [-0.3, -0.25) is 4.79 Å². The van der Waals surface area contributed by atoms with Gasteiger partial charge in [0, 0.05) is 26.2 Å². The second-order valence-electron chi connectivity index (χ2n) is 8.59. The quantitative estimate of drug-likeness (QED) is 0.852. The van der Waals surface area contributed by atoms with Gasteiger partial charge in [0.25, 0.3) is 0 Å². The van der Waals surface area contributed by atoms with E-state index in [0.29, 0.717) is 26.2 Å². The molecule has 0 bridgehead atoms. The maximum Gasteiger partial charge on any atom is 0.410 e. The minimum Gasteiger partial charge on any atom is -0.444 e. The summed E-state index contributed by atoms with van der Waals surface area (Å²) >= 11 is 0. The van der Waals surface area contributed by atoms with Crippen molar-refractivity contribution in [2.75, 3.05) is 26.2 Å². The molecule has 24 heavy (non-hydrogen) atoms. The summed E-state index contributed by atoms with van der Waals surface area (Å²) in [6.07, 6.45) is 0.387. The van der Waals surface area contributed by atoms with Crippen LogP contribution in [0.1, 0.15) is 54.9 Å². The highest BCUT2D eigenvalue weighted by molar-refractivity contribution is 5.80. The molecule has 6 heteroatoms. The van der Waals surface area contributed by atoms with Crippen LogP contribution in [0.4, 0.5) is 4.79 Å². The number of carbonyl (C=O) groups excluding carboxylic acids is 2. The first-order valence-electron chi connectivity index (χ1n) is 8.81. The van der Waals surface area contributed by atoms with E-state index in [2.05, 4.69) is 0 Å². The van der Waals surface area contributed by atoms with Gasteiger partial charge in [-0.15, -0.1) is 0 Å². The summed E-state index contributed by atoms with van der Waals surface area (Å²) < 4.78 is 5.44. The lowest BCUT2D eigenvalue weighted by atomic mass is 9.89. The number of rotatable bonds is 4. The Labute approximate surface area is 146 Å². The van der Waals surface area contributed by atoms with Crippen LogP contribution in [-0.4, -0.2) is 64.3 Å². The van der Waals surface area contributed by atoms with Gasteiger partial charge in [0.2, 0.25) is 5.91 Å². The normalized spacial score (nSPS) is 22.2. The molecule has 1 aliphatic rings. The fraction of sp³-hybridized carbons (Fsp3) is 0.889. The average molecular weight is 342 g/mol. The Morgan fingerprint density at radius 2 is 1.79 bits per heavy atom. The number of hydrogen-bond donors (Lipinski definition) is 1. The van der Waals surface area contributed by atoms with E-state index in [1.165, 1.54) is 0 Å². The van der Waals surface area contributed by atoms with Crippen LogP contribution in [0.3, 0.4) is 0 Å². The monoisotopic (exact) mass is 342 g/mol. The van der Waals surface area contributed by atoms with Crippen molar-refractivity contribution in [3.05, 3.63) is 0 Å². The number of amides is 2. The maximum atomic E-state index is 12.8. The molecule has 2 atom stereocenters. The molecule has 1 saturated heterocycles. The van der Waals surface area contributed by atoms with Crippen molar-refractivity contribution in [1.82, 2.24) is 9.80 Å². The molecule has 0 aromatic rings. The Morgan fingerprint density at radius 1 is 1.21 bits per heavy atom. The molecule has 0 radical (unpaired) electrons. The molecule has 1 N–H and O–H groups in total. The molecule has 1 rings (SSSR count).